The lowest BCUT2D eigenvalue weighted by atomic mass is 10.1. The van der Waals surface area contributed by atoms with Gasteiger partial charge in [0.1, 0.15) is 0 Å². The third-order valence-electron chi connectivity index (χ3n) is 2.43. The van der Waals surface area contributed by atoms with Crippen molar-refractivity contribution in [2.75, 3.05) is 11.1 Å². The standard InChI is InChI=1S/C12H12N6OS/c1-18-12(15-16-17-18)20-8-11(19)14-10-4-2-9(3-5-10)6-7-13/h2-5H,6,8H2,1H3,(H,14,19). The molecule has 102 valence electrons. The zero-order chi connectivity index (χ0) is 14.4. The fraction of sp³-hybridized carbons (Fsp3) is 0.250. The Morgan fingerprint density at radius 2 is 2.20 bits per heavy atom. The Balaban J connectivity index is 1.85. The summed E-state index contributed by atoms with van der Waals surface area (Å²) in [5, 5.41) is 22.9. The van der Waals surface area contributed by atoms with E-state index in [1.54, 1.807) is 19.2 Å². The number of tetrazole rings is 1. The van der Waals surface area contributed by atoms with Gasteiger partial charge in [0.25, 0.3) is 0 Å². The molecule has 0 aliphatic carbocycles. The number of hydrogen-bond acceptors (Lipinski definition) is 6. The summed E-state index contributed by atoms with van der Waals surface area (Å²) in [5.41, 5.74) is 1.62. The fourth-order valence-electron chi connectivity index (χ4n) is 1.47. The average Bonchev–Trinajstić information content (AvgIpc) is 2.84. The maximum Gasteiger partial charge on any atom is 0.234 e. The summed E-state index contributed by atoms with van der Waals surface area (Å²) >= 11 is 1.26. The van der Waals surface area contributed by atoms with Crippen molar-refractivity contribution in [3.05, 3.63) is 29.8 Å². The highest BCUT2D eigenvalue weighted by atomic mass is 32.2. The van der Waals surface area contributed by atoms with E-state index in [9.17, 15) is 4.79 Å². The predicted molar refractivity (Wildman–Crippen MR) is 73.9 cm³/mol. The van der Waals surface area contributed by atoms with Crippen molar-refractivity contribution in [2.24, 2.45) is 7.05 Å². The van der Waals surface area contributed by atoms with Gasteiger partial charge >= 0.3 is 0 Å². The fourth-order valence-corrected chi connectivity index (χ4v) is 2.12. The van der Waals surface area contributed by atoms with Crippen molar-refractivity contribution in [1.82, 2.24) is 20.2 Å². The summed E-state index contributed by atoms with van der Waals surface area (Å²) in [7, 11) is 1.72. The van der Waals surface area contributed by atoms with Gasteiger partial charge in [0, 0.05) is 12.7 Å². The molecule has 0 bridgehead atoms. The van der Waals surface area contributed by atoms with Gasteiger partial charge in [-0.15, -0.1) is 5.10 Å². The highest BCUT2D eigenvalue weighted by molar-refractivity contribution is 7.99. The van der Waals surface area contributed by atoms with E-state index in [0.717, 1.165) is 5.56 Å². The Hall–Kier alpha value is -2.40. The van der Waals surface area contributed by atoms with Gasteiger partial charge in [-0.3, -0.25) is 4.79 Å². The van der Waals surface area contributed by atoms with Gasteiger partial charge in [-0.25, -0.2) is 4.68 Å². The minimum Gasteiger partial charge on any atom is -0.325 e. The molecular formula is C12H12N6OS. The summed E-state index contributed by atoms with van der Waals surface area (Å²) in [4.78, 5) is 11.8. The van der Waals surface area contributed by atoms with E-state index in [4.69, 9.17) is 5.26 Å². The smallest absolute Gasteiger partial charge is 0.234 e. The lowest BCUT2D eigenvalue weighted by Gasteiger charge is -2.05. The normalized spacial score (nSPS) is 10.0. The van der Waals surface area contributed by atoms with Crippen LogP contribution in [-0.2, 0) is 18.3 Å². The van der Waals surface area contributed by atoms with E-state index < -0.39 is 0 Å². The van der Waals surface area contributed by atoms with Gasteiger partial charge in [-0.05, 0) is 28.1 Å². The highest BCUT2D eigenvalue weighted by Gasteiger charge is 2.07. The van der Waals surface area contributed by atoms with Crippen molar-refractivity contribution in [3.8, 4) is 6.07 Å². The largest absolute Gasteiger partial charge is 0.325 e. The molecule has 7 nitrogen and oxygen atoms in total. The first-order valence-electron chi connectivity index (χ1n) is 5.80. The molecule has 2 aromatic rings. The quantitative estimate of drug-likeness (QED) is 0.825. The van der Waals surface area contributed by atoms with Gasteiger partial charge < -0.3 is 5.32 Å². The number of amides is 1. The Labute approximate surface area is 120 Å². The van der Waals surface area contributed by atoms with E-state index in [1.165, 1.54) is 16.4 Å². The molecule has 0 fully saturated rings. The van der Waals surface area contributed by atoms with Crippen LogP contribution in [-0.4, -0.2) is 31.9 Å². The van der Waals surface area contributed by atoms with Crippen LogP contribution >= 0.6 is 11.8 Å². The zero-order valence-corrected chi connectivity index (χ0v) is 11.6. The second-order valence-electron chi connectivity index (χ2n) is 3.95. The second-order valence-corrected chi connectivity index (χ2v) is 4.90. The minimum absolute atomic E-state index is 0.133. The first-order valence-corrected chi connectivity index (χ1v) is 6.78. The molecule has 0 spiro atoms. The number of nitriles is 1. The third kappa shape index (κ3) is 3.80. The molecule has 2 rings (SSSR count). The molecule has 0 aliphatic rings. The van der Waals surface area contributed by atoms with Crippen LogP contribution in [0.3, 0.4) is 0 Å². The van der Waals surface area contributed by atoms with Crippen LogP contribution in [0.15, 0.2) is 29.4 Å². The van der Waals surface area contributed by atoms with Gasteiger partial charge in [0.15, 0.2) is 0 Å². The molecule has 0 saturated heterocycles. The van der Waals surface area contributed by atoms with Gasteiger partial charge in [-0.1, -0.05) is 23.9 Å². The summed E-state index contributed by atoms with van der Waals surface area (Å²) < 4.78 is 1.51. The lowest BCUT2D eigenvalue weighted by Crippen LogP contribution is -2.14. The molecule has 20 heavy (non-hydrogen) atoms. The monoisotopic (exact) mass is 288 g/mol. The first-order chi connectivity index (χ1) is 9.69. The minimum atomic E-state index is -0.133. The number of anilines is 1. The van der Waals surface area contributed by atoms with Crippen LogP contribution in [0.5, 0.6) is 0 Å². The molecule has 0 saturated carbocycles. The Bertz CT molecular complexity index is 630. The number of carbonyl (C=O) groups excluding carboxylic acids is 1. The predicted octanol–water partition coefficient (Wildman–Crippen LogP) is 1.01. The van der Waals surface area contributed by atoms with E-state index in [1.807, 2.05) is 12.1 Å². The Morgan fingerprint density at radius 1 is 1.45 bits per heavy atom. The molecule has 0 unspecified atom stereocenters. The highest BCUT2D eigenvalue weighted by Crippen LogP contribution is 2.14. The number of rotatable bonds is 5. The van der Waals surface area contributed by atoms with Crippen LogP contribution in [0, 0.1) is 11.3 Å². The van der Waals surface area contributed by atoms with Gasteiger partial charge in [-0.2, -0.15) is 5.26 Å². The molecule has 0 aliphatic heterocycles. The number of nitrogens with zero attached hydrogens (tertiary/aromatic N) is 5. The summed E-state index contributed by atoms with van der Waals surface area (Å²) in [6.45, 7) is 0. The van der Waals surface area contributed by atoms with Gasteiger partial charge in [0.05, 0.1) is 18.2 Å². The third-order valence-corrected chi connectivity index (χ3v) is 3.45. The number of carbonyl (C=O) groups is 1. The maximum absolute atomic E-state index is 11.8. The number of thioether (sulfide) groups is 1. The number of hydrogen-bond donors (Lipinski definition) is 1. The number of aryl methyl sites for hydroxylation is 1. The van der Waals surface area contributed by atoms with Crippen LogP contribution < -0.4 is 5.32 Å². The van der Waals surface area contributed by atoms with E-state index in [-0.39, 0.29) is 11.7 Å². The first kappa shape index (κ1) is 14.0. The molecule has 8 heteroatoms. The van der Waals surface area contributed by atoms with Crippen LogP contribution in [0.2, 0.25) is 0 Å². The molecular weight excluding hydrogens is 276 g/mol. The second kappa shape index (κ2) is 6.68. The molecule has 1 N–H and O–H groups in total. The van der Waals surface area contributed by atoms with E-state index in [0.29, 0.717) is 17.3 Å². The number of aromatic nitrogens is 4. The Kier molecular flexibility index (Phi) is 4.68. The topological polar surface area (TPSA) is 96.5 Å². The summed E-state index contributed by atoms with van der Waals surface area (Å²) in [6.07, 6.45) is 0.364. The van der Waals surface area contributed by atoms with Crippen molar-refractivity contribution in [1.29, 1.82) is 5.26 Å². The van der Waals surface area contributed by atoms with Crippen LogP contribution in [0.25, 0.3) is 0 Å². The van der Waals surface area contributed by atoms with Crippen LogP contribution in [0.4, 0.5) is 5.69 Å². The summed E-state index contributed by atoms with van der Waals surface area (Å²) in [5.74, 6) is 0.0970. The SMILES string of the molecule is Cn1nnnc1SCC(=O)Nc1ccc(CC#N)cc1. The summed E-state index contributed by atoms with van der Waals surface area (Å²) in [6, 6.07) is 9.26. The van der Waals surface area contributed by atoms with Crippen molar-refractivity contribution in [2.45, 2.75) is 11.6 Å². The van der Waals surface area contributed by atoms with Crippen LogP contribution in [0.1, 0.15) is 5.56 Å². The van der Waals surface area contributed by atoms with Crippen molar-refractivity contribution >= 4 is 23.4 Å². The van der Waals surface area contributed by atoms with Gasteiger partial charge in [0.2, 0.25) is 11.1 Å². The van der Waals surface area contributed by atoms with Crippen molar-refractivity contribution < 1.29 is 4.79 Å². The molecule has 1 aromatic carbocycles. The van der Waals surface area contributed by atoms with Crippen molar-refractivity contribution in [3.63, 3.8) is 0 Å². The average molecular weight is 288 g/mol. The Morgan fingerprint density at radius 3 is 2.80 bits per heavy atom. The molecule has 1 amide bonds. The zero-order valence-electron chi connectivity index (χ0n) is 10.8. The maximum atomic E-state index is 11.8. The number of nitrogens with one attached hydrogen (secondary N) is 1. The number of benzene rings is 1. The molecule has 0 atom stereocenters. The lowest BCUT2D eigenvalue weighted by molar-refractivity contribution is -0.113. The molecule has 1 heterocycles. The molecule has 1 aromatic heterocycles. The van der Waals surface area contributed by atoms with E-state index >= 15 is 0 Å². The van der Waals surface area contributed by atoms with E-state index in [2.05, 4.69) is 26.9 Å². The molecule has 0 radical (unpaired) electrons.